The lowest BCUT2D eigenvalue weighted by Gasteiger charge is -2.28. The van der Waals surface area contributed by atoms with E-state index >= 15 is 0 Å². The molecule has 1 heteroatoms. The molecule has 1 unspecified atom stereocenters. The second kappa shape index (κ2) is 5.64. The van der Waals surface area contributed by atoms with Crippen LogP contribution in [0.25, 0.3) is 0 Å². The summed E-state index contributed by atoms with van der Waals surface area (Å²) in [7, 11) is 0. The minimum absolute atomic E-state index is 0.873. The molecule has 0 aliphatic carbocycles. The molecule has 0 bridgehead atoms. The van der Waals surface area contributed by atoms with Gasteiger partial charge in [-0.25, -0.2) is 0 Å². The fourth-order valence-electron chi connectivity index (χ4n) is 2.31. The van der Waals surface area contributed by atoms with Crippen molar-refractivity contribution in [1.82, 2.24) is 4.90 Å². The largest absolute Gasteiger partial charge is 0.300 e. The van der Waals surface area contributed by atoms with Gasteiger partial charge >= 0.3 is 0 Å². The Bertz CT molecular complexity index is 127. The standard InChI is InChI=1S/C12H25N/c1-4-11(3)10-12(5-2)13-8-6-7-9-13/h11-12H,4-10H2,1-3H3/t11?,12-/m1/s1. The number of hydrogen-bond donors (Lipinski definition) is 0. The van der Waals surface area contributed by atoms with Crippen molar-refractivity contribution in [2.75, 3.05) is 13.1 Å². The van der Waals surface area contributed by atoms with E-state index in [-0.39, 0.29) is 0 Å². The van der Waals surface area contributed by atoms with E-state index in [2.05, 4.69) is 25.7 Å². The Balaban J connectivity index is 2.32. The highest BCUT2D eigenvalue weighted by molar-refractivity contribution is 4.76. The van der Waals surface area contributed by atoms with Gasteiger partial charge in [-0.05, 0) is 44.7 Å². The second-order valence-electron chi connectivity index (χ2n) is 4.55. The van der Waals surface area contributed by atoms with Crippen LogP contribution in [0.15, 0.2) is 0 Å². The zero-order valence-corrected chi connectivity index (χ0v) is 9.55. The maximum absolute atomic E-state index is 2.70. The average molecular weight is 183 g/mol. The van der Waals surface area contributed by atoms with Crippen LogP contribution >= 0.6 is 0 Å². The van der Waals surface area contributed by atoms with Crippen molar-refractivity contribution in [1.29, 1.82) is 0 Å². The molecule has 1 heterocycles. The summed E-state index contributed by atoms with van der Waals surface area (Å²) in [6.07, 6.45) is 6.94. The van der Waals surface area contributed by atoms with Crippen molar-refractivity contribution in [3.05, 3.63) is 0 Å². The van der Waals surface area contributed by atoms with Crippen LogP contribution < -0.4 is 0 Å². The van der Waals surface area contributed by atoms with Crippen LogP contribution in [0.4, 0.5) is 0 Å². The minimum atomic E-state index is 0.873. The summed E-state index contributed by atoms with van der Waals surface area (Å²) in [5.74, 6) is 0.908. The predicted molar refractivity (Wildman–Crippen MR) is 59.0 cm³/mol. The molecule has 0 saturated carbocycles. The third-order valence-corrected chi connectivity index (χ3v) is 3.50. The van der Waals surface area contributed by atoms with Gasteiger partial charge in [-0.3, -0.25) is 0 Å². The highest BCUT2D eigenvalue weighted by Crippen LogP contribution is 2.21. The summed E-state index contributed by atoms with van der Waals surface area (Å²) in [4.78, 5) is 2.70. The summed E-state index contributed by atoms with van der Waals surface area (Å²) in [5, 5.41) is 0. The molecular formula is C12H25N. The molecule has 0 amide bonds. The van der Waals surface area contributed by atoms with Crippen LogP contribution in [-0.2, 0) is 0 Å². The lowest BCUT2D eigenvalue weighted by atomic mass is 9.97. The monoisotopic (exact) mass is 183 g/mol. The zero-order chi connectivity index (χ0) is 9.68. The fraction of sp³-hybridized carbons (Fsp3) is 1.00. The maximum atomic E-state index is 2.70. The van der Waals surface area contributed by atoms with E-state index in [4.69, 9.17) is 0 Å². The number of hydrogen-bond acceptors (Lipinski definition) is 1. The van der Waals surface area contributed by atoms with E-state index in [1.54, 1.807) is 0 Å². The van der Waals surface area contributed by atoms with Gasteiger partial charge in [-0.1, -0.05) is 27.2 Å². The Kier molecular flexibility index (Phi) is 4.79. The smallest absolute Gasteiger partial charge is 0.00951 e. The van der Waals surface area contributed by atoms with Gasteiger partial charge in [0.15, 0.2) is 0 Å². The molecule has 1 aliphatic heterocycles. The number of likely N-dealkylation sites (tertiary alicyclic amines) is 1. The molecule has 1 aliphatic rings. The molecule has 1 saturated heterocycles. The Morgan fingerprint density at radius 2 is 1.69 bits per heavy atom. The predicted octanol–water partition coefficient (Wildman–Crippen LogP) is 3.30. The van der Waals surface area contributed by atoms with Crippen molar-refractivity contribution in [3.8, 4) is 0 Å². The Morgan fingerprint density at radius 1 is 1.08 bits per heavy atom. The lowest BCUT2D eigenvalue weighted by Crippen LogP contribution is -2.33. The Hall–Kier alpha value is -0.0400. The third-order valence-electron chi connectivity index (χ3n) is 3.50. The van der Waals surface area contributed by atoms with E-state index in [1.807, 2.05) is 0 Å². The fourth-order valence-corrected chi connectivity index (χ4v) is 2.31. The van der Waals surface area contributed by atoms with E-state index in [9.17, 15) is 0 Å². The van der Waals surface area contributed by atoms with Crippen molar-refractivity contribution in [2.45, 2.75) is 58.9 Å². The Morgan fingerprint density at radius 3 is 2.15 bits per heavy atom. The molecule has 0 radical (unpaired) electrons. The molecule has 0 aromatic heterocycles. The van der Waals surface area contributed by atoms with Crippen molar-refractivity contribution in [2.24, 2.45) is 5.92 Å². The lowest BCUT2D eigenvalue weighted by molar-refractivity contribution is 0.201. The van der Waals surface area contributed by atoms with E-state index in [0.717, 1.165) is 12.0 Å². The van der Waals surface area contributed by atoms with Crippen molar-refractivity contribution >= 4 is 0 Å². The van der Waals surface area contributed by atoms with Crippen LogP contribution in [0, 0.1) is 5.92 Å². The minimum Gasteiger partial charge on any atom is -0.300 e. The van der Waals surface area contributed by atoms with Gasteiger partial charge in [0.25, 0.3) is 0 Å². The SMILES string of the molecule is CCC(C)C[C@@H](CC)N1CCCC1. The summed E-state index contributed by atoms with van der Waals surface area (Å²) in [6.45, 7) is 9.75. The first kappa shape index (κ1) is 11.0. The molecule has 0 aromatic rings. The molecule has 1 rings (SSSR count). The number of nitrogens with zero attached hydrogens (tertiary/aromatic N) is 1. The van der Waals surface area contributed by atoms with Gasteiger partial charge in [0.2, 0.25) is 0 Å². The van der Waals surface area contributed by atoms with Gasteiger partial charge in [0.05, 0.1) is 0 Å². The molecule has 0 aromatic carbocycles. The molecule has 2 atom stereocenters. The Labute approximate surface area is 83.5 Å². The van der Waals surface area contributed by atoms with Crippen LogP contribution in [0.5, 0.6) is 0 Å². The summed E-state index contributed by atoms with van der Waals surface area (Å²) >= 11 is 0. The molecule has 13 heavy (non-hydrogen) atoms. The molecular weight excluding hydrogens is 158 g/mol. The quantitative estimate of drug-likeness (QED) is 0.632. The van der Waals surface area contributed by atoms with Crippen LogP contribution in [-0.4, -0.2) is 24.0 Å². The summed E-state index contributed by atoms with van der Waals surface area (Å²) in [6, 6.07) is 0.873. The summed E-state index contributed by atoms with van der Waals surface area (Å²) in [5.41, 5.74) is 0. The molecule has 78 valence electrons. The van der Waals surface area contributed by atoms with Crippen LogP contribution in [0.3, 0.4) is 0 Å². The zero-order valence-electron chi connectivity index (χ0n) is 9.55. The first-order chi connectivity index (χ1) is 6.27. The first-order valence-corrected chi connectivity index (χ1v) is 6.02. The average Bonchev–Trinajstić information content (AvgIpc) is 2.66. The van der Waals surface area contributed by atoms with Gasteiger partial charge in [0.1, 0.15) is 0 Å². The van der Waals surface area contributed by atoms with Gasteiger partial charge < -0.3 is 4.90 Å². The normalized spacial score (nSPS) is 23.3. The van der Waals surface area contributed by atoms with Crippen molar-refractivity contribution < 1.29 is 0 Å². The van der Waals surface area contributed by atoms with Crippen LogP contribution in [0.2, 0.25) is 0 Å². The van der Waals surface area contributed by atoms with E-state index < -0.39 is 0 Å². The molecule has 0 spiro atoms. The van der Waals surface area contributed by atoms with Gasteiger partial charge in [0, 0.05) is 6.04 Å². The first-order valence-electron chi connectivity index (χ1n) is 6.02. The van der Waals surface area contributed by atoms with Crippen LogP contribution in [0.1, 0.15) is 52.9 Å². The highest BCUT2D eigenvalue weighted by Gasteiger charge is 2.21. The van der Waals surface area contributed by atoms with Crippen molar-refractivity contribution in [3.63, 3.8) is 0 Å². The van der Waals surface area contributed by atoms with E-state index in [1.165, 1.54) is 45.2 Å². The second-order valence-corrected chi connectivity index (χ2v) is 4.55. The van der Waals surface area contributed by atoms with Gasteiger partial charge in [-0.2, -0.15) is 0 Å². The molecule has 1 nitrogen and oxygen atoms in total. The van der Waals surface area contributed by atoms with Gasteiger partial charge in [-0.15, -0.1) is 0 Å². The number of rotatable bonds is 5. The molecule has 1 fully saturated rings. The third kappa shape index (κ3) is 3.30. The highest BCUT2D eigenvalue weighted by atomic mass is 15.2. The topological polar surface area (TPSA) is 3.24 Å². The molecule has 0 N–H and O–H groups in total. The maximum Gasteiger partial charge on any atom is 0.00951 e. The van der Waals surface area contributed by atoms with E-state index in [0.29, 0.717) is 0 Å². The summed E-state index contributed by atoms with van der Waals surface area (Å²) < 4.78 is 0.